The Morgan fingerprint density at radius 2 is 1.67 bits per heavy atom. The zero-order valence-corrected chi connectivity index (χ0v) is 20.4. The molecule has 1 fully saturated rings. The number of imide groups is 1. The summed E-state index contributed by atoms with van der Waals surface area (Å²) in [5.74, 6) is -1.75. The molecule has 33 heavy (non-hydrogen) atoms. The minimum atomic E-state index is -0.735. The van der Waals surface area contributed by atoms with Crippen LogP contribution in [0.3, 0.4) is 0 Å². The van der Waals surface area contributed by atoms with Gasteiger partial charge in [-0.3, -0.25) is 24.1 Å². The average Bonchev–Trinajstić information content (AvgIpc) is 3.04. The molecule has 1 saturated heterocycles. The number of carbonyl (C=O) groups is 4. The van der Waals surface area contributed by atoms with Crippen molar-refractivity contribution in [2.75, 3.05) is 13.1 Å². The molecule has 0 saturated carbocycles. The molecule has 0 radical (unpaired) electrons. The molecule has 4 amide bonds. The minimum absolute atomic E-state index is 0.0118. The summed E-state index contributed by atoms with van der Waals surface area (Å²) in [4.78, 5) is 54.2. The van der Waals surface area contributed by atoms with Gasteiger partial charge in [-0.15, -0.1) is 0 Å². The maximum atomic E-state index is 13.4. The summed E-state index contributed by atoms with van der Waals surface area (Å²) in [5.41, 5.74) is 0.544. The first-order valence-electron chi connectivity index (χ1n) is 11.3. The van der Waals surface area contributed by atoms with Crippen molar-refractivity contribution in [3.05, 3.63) is 46.0 Å². The summed E-state index contributed by atoms with van der Waals surface area (Å²) in [6, 6.07) is 4.33. The Morgan fingerprint density at radius 1 is 1.09 bits per heavy atom. The number of hydrogen-bond acceptors (Lipinski definition) is 4. The second kappa shape index (κ2) is 11.2. The van der Waals surface area contributed by atoms with E-state index in [1.807, 2.05) is 19.1 Å². The molecule has 3 rings (SSSR count). The van der Waals surface area contributed by atoms with Gasteiger partial charge >= 0.3 is 0 Å². The van der Waals surface area contributed by atoms with Crippen LogP contribution in [-0.4, -0.2) is 52.6 Å². The standard InChI is InChI=1S/C24H29Cl2N3O4/c1-3-20(22(31)27-4-2)29(14-17-18(25)10-7-11-19(17)26)21(30)12-13-28-23(32)15-8-5-6-9-16(15)24(28)33/h5-7,10-11,15-16,20H,3-4,8-9,12-14H2,1-2H3,(H,27,31)/t15-,16+,20-/m0/s1. The predicted octanol–water partition coefficient (Wildman–Crippen LogP) is 3.58. The van der Waals surface area contributed by atoms with E-state index in [1.165, 1.54) is 9.80 Å². The number of likely N-dealkylation sites (N-methyl/N-ethyl adjacent to an activating group) is 1. The molecule has 9 heteroatoms. The first-order chi connectivity index (χ1) is 15.8. The molecule has 0 spiro atoms. The Labute approximate surface area is 204 Å². The zero-order valence-electron chi connectivity index (χ0n) is 18.9. The lowest BCUT2D eigenvalue weighted by Gasteiger charge is -2.31. The number of nitrogens with one attached hydrogen (secondary N) is 1. The fourth-order valence-corrected chi connectivity index (χ4v) is 5.02. The van der Waals surface area contributed by atoms with Gasteiger partial charge in [-0.25, -0.2) is 0 Å². The van der Waals surface area contributed by atoms with Crippen molar-refractivity contribution in [3.63, 3.8) is 0 Å². The normalized spacial score (nSPS) is 20.5. The van der Waals surface area contributed by atoms with Gasteiger partial charge in [-0.2, -0.15) is 0 Å². The highest BCUT2D eigenvalue weighted by Crippen LogP contribution is 2.35. The Morgan fingerprint density at radius 3 is 2.18 bits per heavy atom. The van der Waals surface area contributed by atoms with E-state index >= 15 is 0 Å². The zero-order chi connectivity index (χ0) is 24.1. The summed E-state index contributed by atoms with van der Waals surface area (Å²) < 4.78 is 0. The Kier molecular flexibility index (Phi) is 8.54. The third-order valence-electron chi connectivity index (χ3n) is 6.28. The Hall–Kier alpha value is -2.38. The van der Waals surface area contributed by atoms with Crippen LogP contribution < -0.4 is 5.32 Å². The number of benzene rings is 1. The van der Waals surface area contributed by atoms with E-state index in [0.717, 1.165) is 0 Å². The Balaban J connectivity index is 1.79. The first kappa shape index (κ1) is 25.2. The molecule has 2 aliphatic rings. The van der Waals surface area contributed by atoms with Crippen molar-refractivity contribution in [1.29, 1.82) is 0 Å². The van der Waals surface area contributed by atoms with Gasteiger partial charge in [0.15, 0.2) is 0 Å². The lowest BCUT2D eigenvalue weighted by Crippen LogP contribution is -2.49. The van der Waals surface area contributed by atoms with E-state index in [-0.39, 0.29) is 55.0 Å². The van der Waals surface area contributed by atoms with Gasteiger partial charge in [0, 0.05) is 41.7 Å². The third kappa shape index (κ3) is 5.41. The van der Waals surface area contributed by atoms with Crippen LogP contribution in [0.4, 0.5) is 0 Å². The molecule has 7 nitrogen and oxygen atoms in total. The van der Waals surface area contributed by atoms with Crippen molar-refractivity contribution in [2.45, 2.75) is 52.1 Å². The lowest BCUT2D eigenvalue weighted by molar-refractivity contribution is -0.144. The molecule has 3 atom stereocenters. The summed E-state index contributed by atoms with van der Waals surface area (Å²) in [6.07, 6.45) is 5.25. The largest absolute Gasteiger partial charge is 0.355 e. The van der Waals surface area contributed by atoms with Gasteiger partial charge in [0.25, 0.3) is 0 Å². The monoisotopic (exact) mass is 493 g/mol. The highest BCUT2D eigenvalue weighted by atomic mass is 35.5. The van der Waals surface area contributed by atoms with Crippen molar-refractivity contribution in [2.24, 2.45) is 11.8 Å². The Bertz CT molecular complexity index is 919. The van der Waals surface area contributed by atoms with Crippen molar-refractivity contribution in [1.82, 2.24) is 15.1 Å². The van der Waals surface area contributed by atoms with Gasteiger partial charge in [-0.1, -0.05) is 48.3 Å². The molecule has 1 heterocycles. The molecule has 0 unspecified atom stereocenters. The quantitative estimate of drug-likeness (QED) is 0.420. The van der Waals surface area contributed by atoms with Gasteiger partial charge < -0.3 is 10.2 Å². The van der Waals surface area contributed by atoms with Crippen LogP contribution in [-0.2, 0) is 25.7 Å². The van der Waals surface area contributed by atoms with Crippen LogP contribution >= 0.6 is 23.2 Å². The van der Waals surface area contributed by atoms with Crippen LogP contribution in [0, 0.1) is 11.8 Å². The maximum Gasteiger partial charge on any atom is 0.242 e. The second-order valence-corrected chi connectivity index (χ2v) is 9.09. The molecular weight excluding hydrogens is 465 g/mol. The van der Waals surface area contributed by atoms with Crippen LogP contribution in [0.1, 0.15) is 45.1 Å². The van der Waals surface area contributed by atoms with E-state index in [4.69, 9.17) is 23.2 Å². The topological polar surface area (TPSA) is 86.8 Å². The van der Waals surface area contributed by atoms with Gasteiger partial charge in [0.1, 0.15) is 6.04 Å². The van der Waals surface area contributed by atoms with Crippen molar-refractivity contribution in [3.8, 4) is 0 Å². The van der Waals surface area contributed by atoms with Crippen LogP contribution in [0.2, 0.25) is 10.0 Å². The summed E-state index contributed by atoms with van der Waals surface area (Å²) in [6.45, 7) is 4.09. The highest BCUT2D eigenvalue weighted by molar-refractivity contribution is 6.36. The smallest absolute Gasteiger partial charge is 0.242 e. The number of carbonyl (C=O) groups excluding carboxylic acids is 4. The van der Waals surface area contributed by atoms with Crippen LogP contribution in [0.5, 0.6) is 0 Å². The van der Waals surface area contributed by atoms with E-state index in [9.17, 15) is 19.2 Å². The fraction of sp³-hybridized carbons (Fsp3) is 0.500. The minimum Gasteiger partial charge on any atom is -0.355 e. The number of hydrogen-bond donors (Lipinski definition) is 1. The predicted molar refractivity (Wildman–Crippen MR) is 126 cm³/mol. The number of rotatable bonds is 9. The summed E-state index contributed by atoms with van der Waals surface area (Å²) in [5, 5.41) is 3.56. The number of likely N-dealkylation sites (tertiary alicyclic amines) is 1. The molecular formula is C24H29Cl2N3O4. The molecule has 1 N–H and O–H groups in total. The molecule has 0 aromatic heterocycles. The lowest BCUT2D eigenvalue weighted by atomic mass is 9.85. The maximum absolute atomic E-state index is 13.4. The van der Waals surface area contributed by atoms with E-state index in [0.29, 0.717) is 41.4 Å². The van der Waals surface area contributed by atoms with Crippen LogP contribution in [0.25, 0.3) is 0 Å². The van der Waals surface area contributed by atoms with Crippen LogP contribution in [0.15, 0.2) is 30.4 Å². The number of nitrogens with zero attached hydrogens (tertiary/aromatic N) is 2. The van der Waals surface area contributed by atoms with Crippen molar-refractivity contribution >= 4 is 46.8 Å². The number of halogens is 2. The summed E-state index contributed by atoms with van der Waals surface area (Å²) >= 11 is 12.7. The third-order valence-corrected chi connectivity index (χ3v) is 6.98. The fourth-order valence-electron chi connectivity index (χ4n) is 4.51. The average molecular weight is 494 g/mol. The molecule has 178 valence electrons. The SMILES string of the molecule is CCNC(=O)[C@H](CC)N(Cc1c(Cl)cccc1Cl)C(=O)CCN1C(=O)[C@H]2CC=CC[C@H]2C1=O. The molecule has 0 bridgehead atoms. The van der Waals surface area contributed by atoms with E-state index < -0.39 is 6.04 Å². The van der Waals surface area contributed by atoms with Gasteiger partial charge in [-0.05, 0) is 38.3 Å². The van der Waals surface area contributed by atoms with E-state index in [1.54, 1.807) is 25.1 Å². The highest BCUT2D eigenvalue weighted by Gasteiger charge is 2.47. The second-order valence-electron chi connectivity index (χ2n) is 8.27. The van der Waals surface area contributed by atoms with Gasteiger partial charge in [0.05, 0.1) is 11.8 Å². The molecule has 1 aliphatic carbocycles. The number of fused-ring (bicyclic) bond motifs is 1. The van der Waals surface area contributed by atoms with Gasteiger partial charge in [0.2, 0.25) is 23.6 Å². The number of allylic oxidation sites excluding steroid dienone is 2. The molecule has 1 aromatic carbocycles. The first-order valence-corrected chi connectivity index (χ1v) is 12.1. The molecule has 1 aromatic rings. The van der Waals surface area contributed by atoms with Crippen molar-refractivity contribution < 1.29 is 19.2 Å². The summed E-state index contributed by atoms with van der Waals surface area (Å²) in [7, 11) is 0. The number of amides is 4. The van der Waals surface area contributed by atoms with E-state index in [2.05, 4.69) is 5.32 Å². The molecule has 1 aliphatic heterocycles.